The van der Waals surface area contributed by atoms with Crippen LogP contribution in [-0.2, 0) is 14.4 Å². The Morgan fingerprint density at radius 3 is 2.04 bits per heavy atom. The fourth-order valence-electron chi connectivity index (χ4n) is 2.32. The molecule has 0 bridgehead atoms. The maximum absolute atomic E-state index is 12.0. The second kappa shape index (κ2) is 7.56. The number of hydrogen-bond acceptors (Lipinski definition) is 6. The normalized spacial score (nSPS) is 14.3. The van der Waals surface area contributed by atoms with Crippen molar-refractivity contribution in [2.45, 2.75) is 0 Å². The van der Waals surface area contributed by atoms with Gasteiger partial charge in [0.25, 0.3) is 0 Å². The summed E-state index contributed by atoms with van der Waals surface area (Å²) in [7, 11) is 1.18. The zero-order valence-electron chi connectivity index (χ0n) is 14.3. The Morgan fingerprint density at radius 1 is 0.889 bits per heavy atom. The zero-order chi connectivity index (χ0) is 19.4. The summed E-state index contributed by atoms with van der Waals surface area (Å²) < 4.78 is 0. The van der Waals surface area contributed by atoms with Gasteiger partial charge in [0.2, 0.25) is 5.91 Å². The van der Waals surface area contributed by atoms with Crippen LogP contribution in [0.3, 0.4) is 0 Å². The number of carbonyl (C=O) groups is 4. The maximum atomic E-state index is 12.0. The number of nitrogens with zero attached hydrogens (tertiary/aromatic N) is 4. The molecule has 0 saturated carbocycles. The van der Waals surface area contributed by atoms with Gasteiger partial charge in [-0.05, 0) is 36.4 Å². The van der Waals surface area contributed by atoms with Crippen molar-refractivity contribution in [3.63, 3.8) is 0 Å². The summed E-state index contributed by atoms with van der Waals surface area (Å²) in [6, 6.07) is 15.0. The quantitative estimate of drug-likeness (QED) is 0.498. The lowest BCUT2D eigenvalue weighted by atomic mass is 10.3. The number of amides is 5. The molecule has 0 atom stereocenters. The lowest BCUT2D eigenvalue weighted by Crippen LogP contribution is -2.38. The molecule has 0 unspecified atom stereocenters. The molecule has 0 spiro atoms. The van der Waals surface area contributed by atoms with Gasteiger partial charge in [-0.3, -0.25) is 19.3 Å². The summed E-state index contributed by atoms with van der Waals surface area (Å²) in [6.07, 6.45) is 0. The molecule has 1 N–H and O–H groups in total. The van der Waals surface area contributed by atoms with Crippen molar-refractivity contribution in [2.24, 2.45) is 10.2 Å². The number of carbonyl (C=O) groups excluding carboxylic acids is 4. The minimum atomic E-state index is -1.02. The van der Waals surface area contributed by atoms with Crippen LogP contribution in [-0.4, -0.2) is 47.1 Å². The Labute approximate surface area is 154 Å². The molecule has 0 aliphatic carbocycles. The second-order valence-corrected chi connectivity index (χ2v) is 5.67. The van der Waals surface area contributed by atoms with Crippen molar-refractivity contribution in [1.82, 2.24) is 9.80 Å². The minimum Gasteiger partial charge on any atom is -0.325 e. The largest absolute Gasteiger partial charge is 0.334 e. The van der Waals surface area contributed by atoms with Crippen LogP contribution in [0.2, 0.25) is 0 Å². The van der Waals surface area contributed by atoms with E-state index < -0.39 is 30.3 Å². The van der Waals surface area contributed by atoms with Gasteiger partial charge in [0.15, 0.2) is 0 Å². The first kappa shape index (κ1) is 17.9. The van der Waals surface area contributed by atoms with Crippen LogP contribution >= 0.6 is 0 Å². The molecule has 1 heterocycles. The van der Waals surface area contributed by atoms with E-state index in [4.69, 9.17) is 0 Å². The molecule has 9 heteroatoms. The highest BCUT2D eigenvalue weighted by molar-refractivity contribution is 6.44. The molecule has 1 aliphatic heterocycles. The predicted molar refractivity (Wildman–Crippen MR) is 95.6 cm³/mol. The zero-order valence-corrected chi connectivity index (χ0v) is 14.3. The van der Waals surface area contributed by atoms with Crippen molar-refractivity contribution in [3.8, 4) is 0 Å². The third-order valence-corrected chi connectivity index (χ3v) is 3.74. The number of anilines is 1. The molecule has 136 valence electrons. The Morgan fingerprint density at radius 2 is 1.48 bits per heavy atom. The molecule has 5 amide bonds. The number of azo groups is 1. The molecular formula is C18H15N5O4. The van der Waals surface area contributed by atoms with E-state index in [2.05, 4.69) is 15.5 Å². The molecule has 27 heavy (non-hydrogen) atoms. The average Bonchev–Trinajstić information content (AvgIpc) is 2.86. The summed E-state index contributed by atoms with van der Waals surface area (Å²) in [6.45, 7) is -0.538. The molecule has 9 nitrogen and oxygen atoms in total. The number of imide groups is 2. The number of urea groups is 1. The second-order valence-electron chi connectivity index (χ2n) is 5.67. The molecule has 2 aromatic rings. The SMILES string of the molecule is CN1C(=O)C(=O)N(CC(=O)Nc2ccc(N=Nc3ccccc3)cc2)C1=O. The Kier molecular flexibility index (Phi) is 5.02. The van der Waals surface area contributed by atoms with Crippen molar-refractivity contribution < 1.29 is 19.2 Å². The van der Waals surface area contributed by atoms with Gasteiger partial charge in [0.1, 0.15) is 6.54 Å². The summed E-state index contributed by atoms with van der Waals surface area (Å²) in [5.41, 5.74) is 1.76. The Bertz CT molecular complexity index is 925. The van der Waals surface area contributed by atoms with Crippen molar-refractivity contribution in [1.29, 1.82) is 0 Å². The fourth-order valence-corrected chi connectivity index (χ4v) is 2.32. The smallest absolute Gasteiger partial charge is 0.325 e. The summed E-state index contributed by atoms with van der Waals surface area (Å²) >= 11 is 0. The molecule has 0 aromatic heterocycles. The number of hydrogen-bond donors (Lipinski definition) is 1. The van der Waals surface area contributed by atoms with Crippen molar-refractivity contribution in [3.05, 3.63) is 54.6 Å². The van der Waals surface area contributed by atoms with Crippen LogP contribution in [0.4, 0.5) is 21.9 Å². The first-order chi connectivity index (χ1) is 13.0. The number of benzene rings is 2. The van der Waals surface area contributed by atoms with E-state index in [1.165, 1.54) is 7.05 Å². The van der Waals surface area contributed by atoms with Crippen molar-refractivity contribution in [2.75, 3.05) is 18.9 Å². The Balaban J connectivity index is 1.59. The predicted octanol–water partition coefficient (Wildman–Crippen LogP) is 2.46. The van der Waals surface area contributed by atoms with E-state index >= 15 is 0 Å². The van der Waals surface area contributed by atoms with Crippen LogP contribution in [0.1, 0.15) is 0 Å². The van der Waals surface area contributed by atoms with E-state index in [1.807, 2.05) is 30.3 Å². The van der Waals surface area contributed by atoms with Crippen LogP contribution in [0.25, 0.3) is 0 Å². The Hall–Kier alpha value is -3.88. The summed E-state index contributed by atoms with van der Waals surface area (Å²) in [5.74, 6) is -2.58. The molecule has 2 aromatic carbocycles. The first-order valence-corrected chi connectivity index (χ1v) is 7.96. The van der Waals surface area contributed by atoms with E-state index in [9.17, 15) is 19.2 Å². The van der Waals surface area contributed by atoms with Crippen LogP contribution in [0.15, 0.2) is 64.8 Å². The van der Waals surface area contributed by atoms with E-state index in [0.717, 1.165) is 0 Å². The van der Waals surface area contributed by atoms with E-state index in [1.54, 1.807) is 24.3 Å². The molecule has 1 aliphatic rings. The lowest BCUT2D eigenvalue weighted by molar-refractivity contribution is -0.143. The third kappa shape index (κ3) is 4.03. The van der Waals surface area contributed by atoms with Crippen LogP contribution < -0.4 is 5.32 Å². The molecule has 0 radical (unpaired) electrons. The highest BCUT2D eigenvalue weighted by Crippen LogP contribution is 2.20. The standard InChI is InChI=1S/C18H15N5O4/c1-22-16(25)17(26)23(18(22)27)11-15(24)19-12-7-9-14(10-8-12)21-20-13-5-3-2-4-6-13/h2-10H,11H2,1H3,(H,19,24). The van der Waals surface area contributed by atoms with Gasteiger partial charge in [-0.15, -0.1) is 0 Å². The molecule has 1 saturated heterocycles. The van der Waals surface area contributed by atoms with Crippen molar-refractivity contribution >= 4 is 40.8 Å². The van der Waals surface area contributed by atoms with Gasteiger partial charge in [-0.25, -0.2) is 9.69 Å². The van der Waals surface area contributed by atoms with Gasteiger partial charge in [0, 0.05) is 12.7 Å². The maximum Gasteiger partial charge on any atom is 0.334 e. The van der Waals surface area contributed by atoms with Gasteiger partial charge in [-0.2, -0.15) is 10.2 Å². The van der Waals surface area contributed by atoms with Gasteiger partial charge in [0.05, 0.1) is 11.4 Å². The van der Waals surface area contributed by atoms with E-state index in [-0.39, 0.29) is 0 Å². The number of nitrogens with one attached hydrogen (secondary N) is 1. The lowest BCUT2D eigenvalue weighted by Gasteiger charge is -2.12. The highest BCUT2D eigenvalue weighted by Gasteiger charge is 2.42. The van der Waals surface area contributed by atoms with Gasteiger partial charge in [-0.1, -0.05) is 18.2 Å². The molecule has 3 rings (SSSR count). The topological polar surface area (TPSA) is 112 Å². The van der Waals surface area contributed by atoms with Crippen LogP contribution in [0.5, 0.6) is 0 Å². The summed E-state index contributed by atoms with van der Waals surface area (Å²) in [5, 5.41) is 10.7. The number of rotatable bonds is 5. The first-order valence-electron chi connectivity index (χ1n) is 7.96. The number of likely N-dealkylation sites (N-methyl/N-ethyl adjacent to an activating group) is 1. The van der Waals surface area contributed by atoms with Crippen LogP contribution in [0, 0.1) is 0 Å². The summed E-state index contributed by atoms with van der Waals surface area (Å²) in [4.78, 5) is 48.1. The highest BCUT2D eigenvalue weighted by atomic mass is 16.2. The van der Waals surface area contributed by atoms with E-state index in [0.29, 0.717) is 26.9 Å². The fraction of sp³-hybridized carbons (Fsp3) is 0.111. The third-order valence-electron chi connectivity index (χ3n) is 3.74. The van der Waals surface area contributed by atoms with Gasteiger partial charge < -0.3 is 5.32 Å². The monoisotopic (exact) mass is 365 g/mol. The molecule has 1 fully saturated rings. The van der Waals surface area contributed by atoms with Gasteiger partial charge >= 0.3 is 17.8 Å². The molecular weight excluding hydrogens is 350 g/mol. The average molecular weight is 365 g/mol. The minimum absolute atomic E-state index is 0.456.